The number of carbonyl (C=O) groups excluding carboxylic acids is 1. The zero-order chi connectivity index (χ0) is 20.3. The van der Waals surface area contributed by atoms with Crippen molar-refractivity contribution in [2.45, 2.75) is 18.9 Å². The lowest BCUT2D eigenvalue weighted by Gasteiger charge is -2.29. The molecule has 0 unspecified atom stereocenters. The first kappa shape index (κ1) is 19.9. The summed E-state index contributed by atoms with van der Waals surface area (Å²) in [6, 6.07) is 18.8. The molecule has 0 aliphatic carbocycles. The molecular formula is C24H30N2O3. The smallest absolute Gasteiger partial charge is 0.230 e. The number of methoxy groups -OCH3 is 2. The Balaban J connectivity index is 1.59. The van der Waals surface area contributed by atoms with E-state index in [1.54, 1.807) is 14.2 Å². The van der Waals surface area contributed by atoms with E-state index in [1.807, 2.05) is 23.1 Å². The molecule has 2 aliphatic rings. The van der Waals surface area contributed by atoms with Crippen LogP contribution in [0, 0.1) is 5.41 Å². The predicted octanol–water partition coefficient (Wildman–Crippen LogP) is 3.16. The number of benzene rings is 2. The van der Waals surface area contributed by atoms with Gasteiger partial charge < -0.3 is 14.4 Å². The highest BCUT2D eigenvalue weighted by molar-refractivity contribution is 5.87. The average Bonchev–Trinajstić information content (AvgIpc) is 3.28. The van der Waals surface area contributed by atoms with Gasteiger partial charge in [-0.1, -0.05) is 42.5 Å². The van der Waals surface area contributed by atoms with Gasteiger partial charge in [-0.25, -0.2) is 0 Å². The van der Waals surface area contributed by atoms with Crippen LogP contribution in [0.25, 0.3) is 0 Å². The third-order valence-corrected chi connectivity index (χ3v) is 6.46. The Bertz CT molecular complexity index is 841. The summed E-state index contributed by atoms with van der Waals surface area (Å²) in [6.45, 7) is 4.60. The Morgan fingerprint density at radius 1 is 1.10 bits per heavy atom. The third-order valence-electron chi connectivity index (χ3n) is 6.46. The number of ether oxygens (including phenoxy) is 2. The first-order chi connectivity index (χ1) is 14.2. The van der Waals surface area contributed by atoms with E-state index >= 15 is 0 Å². The van der Waals surface area contributed by atoms with Crippen molar-refractivity contribution in [3.63, 3.8) is 0 Å². The van der Waals surface area contributed by atoms with E-state index < -0.39 is 0 Å². The molecule has 2 fully saturated rings. The molecule has 0 bridgehead atoms. The number of rotatable bonds is 7. The number of likely N-dealkylation sites (tertiary alicyclic amines) is 2. The minimum absolute atomic E-state index is 0.217. The monoisotopic (exact) mass is 394 g/mol. The van der Waals surface area contributed by atoms with Crippen molar-refractivity contribution in [1.82, 2.24) is 9.80 Å². The van der Waals surface area contributed by atoms with E-state index in [2.05, 4.69) is 41.3 Å². The van der Waals surface area contributed by atoms with E-state index in [0.29, 0.717) is 13.2 Å². The molecule has 2 aromatic carbocycles. The highest BCUT2D eigenvalue weighted by Gasteiger charge is 2.56. The van der Waals surface area contributed by atoms with Crippen LogP contribution in [0.2, 0.25) is 0 Å². The van der Waals surface area contributed by atoms with Gasteiger partial charge in [0.1, 0.15) is 5.75 Å². The van der Waals surface area contributed by atoms with Crippen LogP contribution in [0.1, 0.15) is 23.5 Å². The van der Waals surface area contributed by atoms with Crippen LogP contribution in [0.15, 0.2) is 54.6 Å². The molecule has 0 radical (unpaired) electrons. The molecule has 1 spiro atoms. The summed E-state index contributed by atoms with van der Waals surface area (Å²) in [6.07, 6.45) is 0.906. The highest BCUT2D eigenvalue weighted by Crippen LogP contribution is 2.50. The topological polar surface area (TPSA) is 42.0 Å². The van der Waals surface area contributed by atoms with E-state index in [0.717, 1.165) is 38.3 Å². The lowest BCUT2D eigenvalue weighted by Crippen LogP contribution is -2.40. The molecular weight excluding hydrogens is 364 g/mol. The molecule has 5 nitrogen and oxygen atoms in total. The molecule has 1 amide bonds. The van der Waals surface area contributed by atoms with Gasteiger partial charge in [0.25, 0.3) is 0 Å². The third kappa shape index (κ3) is 3.89. The lowest BCUT2D eigenvalue weighted by molar-refractivity contribution is -0.136. The normalized spacial score (nSPS) is 24.6. The van der Waals surface area contributed by atoms with E-state index in [1.165, 1.54) is 11.1 Å². The zero-order valence-electron chi connectivity index (χ0n) is 17.3. The lowest BCUT2D eigenvalue weighted by atomic mass is 9.73. The van der Waals surface area contributed by atoms with Crippen LogP contribution in [-0.2, 0) is 16.1 Å². The van der Waals surface area contributed by atoms with Crippen molar-refractivity contribution in [1.29, 1.82) is 0 Å². The predicted molar refractivity (Wildman–Crippen MR) is 113 cm³/mol. The maximum atomic E-state index is 13.5. The van der Waals surface area contributed by atoms with Crippen molar-refractivity contribution in [2.75, 3.05) is 47.0 Å². The van der Waals surface area contributed by atoms with Gasteiger partial charge in [-0.05, 0) is 29.7 Å². The number of amides is 1. The summed E-state index contributed by atoms with van der Waals surface area (Å²) in [5.74, 6) is 1.38. The summed E-state index contributed by atoms with van der Waals surface area (Å²) < 4.78 is 10.6. The van der Waals surface area contributed by atoms with Crippen LogP contribution in [0.5, 0.6) is 5.75 Å². The Morgan fingerprint density at radius 2 is 1.93 bits per heavy atom. The Labute approximate surface area is 173 Å². The summed E-state index contributed by atoms with van der Waals surface area (Å²) in [5.41, 5.74) is 2.14. The molecule has 2 saturated heterocycles. The number of hydrogen-bond donors (Lipinski definition) is 0. The summed E-state index contributed by atoms with van der Waals surface area (Å²) >= 11 is 0. The zero-order valence-corrected chi connectivity index (χ0v) is 17.3. The standard InChI is InChI=1S/C24H30N2O3/c1-28-14-13-26-12-11-24(23(26)27)18-25(16-19-7-6-10-21(15-19)29-2)17-22(24)20-8-4-3-5-9-20/h3-10,15,22H,11-14,16-18H2,1-2H3/t22-,24+/m1/s1. The molecule has 5 heteroatoms. The summed E-state index contributed by atoms with van der Waals surface area (Å²) in [5, 5.41) is 0. The van der Waals surface area contributed by atoms with Gasteiger partial charge in [-0.3, -0.25) is 9.69 Å². The quantitative estimate of drug-likeness (QED) is 0.724. The largest absolute Gasteiger partial charge is 0.497 e. The minimum Gasteiger partial charge on any atom is -0.497 e. The van der Waals surface area contributed by atoms with Gasteiger partial charge in [0.05, 0.1) is 19.1 Å². The molecule has 0 N–H and O–H groups in total. The maximum absolute atomic E-state index is 13.5. The van der Waals surface area contributed by atoms with E-state index in [-0.39, 0.29) is 17.2 Å². The van der Waals surface area contributed by atoms with Gasteiger partial charge in [-0.15, -0.1) is 0 Å². The fourth-order valence-corrected chi connectivity index (χ4v) is 5.01. The first-order valence-corrected chi connectivity index (χ1v) is 10.3. The van der Waals surface area contributed by atoms with Gasteiger partial charge in [0, 0.05) is 45.8 Å². The Kier molecular flexibility index (Phi) is 5.88. The molecule has 2 aliphatic heterocycles. The van der Waals surface area contributed by atoms with Crippen molar-refractivity contribution in [2.24, 2.45) is 5.41 Å². The van der Waals surface area contributed by atoms with Crippen molar-refractivity contribution >= 4 is 5.91 Å². The number of hydrogen-bond acceptors (Lipinski definition) is 4. The molecule has 2 aromatic rings. The summed E-state index contributed by atoms with van der Waals surface area (Å²) in [7, 11) is 3.38. The molecule has 4 rings (SSSR count). The first-order valence-electron chi connectivity index (χ1n) is 10.3. The van der Waals surface area contributed by atoms with Gasteiger partial charge in [0.15, 0.2) is 0 Å². The van der Waals surface area contributed by atoms with Crippen molar-refractivity contribution in [3.8, 4) is 5.75 Å². The van der Waals surface area contributed by atoms with Crippen LogP contribution in [0.3, 0.4) is 0 Å². The van der Waals surface area contributed by atoms with Crippen LogP contribution < -0.4 is 4.74 Å². The SMILES string of the molecule is COCCN1CC[C@@]2(CN(Cc3cccc(OC)c3)C[C@@H]2c2ccccc2)C1=O. The van der Waals surface area contributed by atoms with Gasteiger partial charge in [0.2, 0.25) is 5.91 Å². The molecule has 2 heterocycles. The van der Waals surface area contributed by atoms with Gasteiger partial charge >= 0.3 is 0 Å². The Hall–Kier alpha value is -2.37. The minimum atomic E-state index is -0.339. The molecule has 0 aromatic heterocycles. The second kappa shape index (κ2) is 8.56. The van der Waals surface area contributed by atoms with Crippen molar-refractivity contribution in [3.05, 3.63) is 65.7 Å². The van der Waals surface area contributed by atoms with Gasteiger partial charge in [-0.2, -0.15) is 0 Å². The van der Waals surface area contributed by atoms with E-state index in [4.69, 9.17) is 9.47 Å². The number of carbonyl (C=O) groups is 1. The maximum Gasteiger partial charge on any atom is 0.230 e. The fourth-order valence-electron chi connectivity index (χ4n) is 5.01. The summed E-state index contributed by atoms with van der Waals surface area (Å²) in [4.78, 5) is 18.0. The van der Waals surface area contributed by atoms with E-state index in [9.17, 15) is 4.79 Å². The number of nitrogens with zero attached hydrogens (tertiary/aromatic N) is 2. The molecule has 154 valence electrons. The highest BCUT2D eigenvalue weighted by atomic mass is 16.5. The molecule has 0 saturated carbocycles. The van der Waals surface area contributed by atoms with Crippen LogP contribution in [-0.4, -0.2) is 62.7 Å². The fraction of sp³-hybridized carbons (Fsp3) is 0.458. The average molecular weight is 395 g/mol. The van der Waals surface area contributed by atoms with Crippen LogP contribution in [0.4, 0.5) is 0 Å². The Morgan fingerprint density at radius 3 is 2.69 bits per heavy atom. The molecule has 29 heavy (non-hydrogen) atoms. The second-order valence-corrected chi connectivity index (χ2v) is 8.18. The second-order valence-electron chi connectivity index (χ2n) is 8.18. The van der Waals surface area contributed by atoms with Crippen LogP contribution >= 0.6 is 0 Å². The van der Waals surface area contributed by atoms with Crippen molar-refractivity contribution < 1.29 is 14.3 Å². The molecule has 2 atom stereocenters.